The summed E-state index contributed by atoms with van der Waals surface area (Å²) in [4.78, 5) is 22.7. The Labute approximate surface area is 312 Å². The molecule has 0 N–H and O–H groups in total. The molecule has 0 heterocycles. The van der Waals surface area contributed by atoms with Crippen molar-refractivity contribution < 1.29 is 67.4 Å². The Bertz CT molecular complexity index is 1460. The van der Waals surface area contributed by atoms with Crippen molar-refractivity contribution in [2.75, 3.05) is 70.7 Å². The van der Waals surface area contributed by atoms with Crippen LogP contribution in [0.2, 0.25) is 0 Å². The van der Waals surface area contributed by atoms with Crippen LogP contribution in [0, 0.1) is 11.8 Å². The van der Waals surface area contributed by atoms with Crippen molar-refractivity contribution >= 4 is 11.9 Å². The Morgan fingerprint density at radius 3 is 1.78 bits per heavy atom. The maximum Gasteiger partial charge on any atom is -0.0197 e. The maximum absolute atomic E-state index is 11.4. The summed E-state index contributed by atoms with van der Waals surface area (Å²) < 4.78 is 44.6. The van der Waals surface area contributed by atoms with Crippen LogP contribution in [0.25, 0.3) is 0 Å². The fourth-order valence-electron chi connectivity index (χ4n) is 8.00. The second-order valence-corrected chi connectivity index (χ2v) is 15.5. The minimum atomic E-state index is -0.777. The van der Waals surface area contributed by atoms with Gasteiger partial charge in [-0.3, -0.25) is 0 Å². The van der Waals surface area contributed by atoms with Gasteiger partial charge < -0.3 is 18.9 Å². The number of carbonyl (C=O) groups is 2. The molecule has 0 radical (unpaired) electrons. The molecule has 4 saturated carbocycles. The van der Waals surface area contributed by atoms with Crippen molar-refractivity contribution in [3.8, 4) is 11.5 Å². The number of benzene rings is 2. The third-order valence-corrected chi connectivity index (χ3v) is 11.5. The molecule has 11 heteroatoms. The predicted octanol–water partition coefficient (Wildman–Crippen LogP) is 3.11. The van der Waals surface area contributed by atoms with Crippen LogP contribution in [0.5, 0.6) is 11.5 Å². The summed E-state index contributed by atoms with van der Waals surface area (Å²) >= 11 is -0.777. The van der Waals surface area contributed by atoms with E-state index in [0.717, 1.165) is 17.4 Å². The number of rotatable bonds is 24. The van der Waals surface area contributed by atoms with Gasteiger partial charge in [0, 0.05) is 5.57 Å². The number of hydrogen-bond acceptors (Lipinski definition) is 10. The largest absolute Gasteiger partial charge is 0.0548 e. The van der Waals surface area contributed by atoms with E-state index in [0.29, 0.717) is 81.1 Å². The Kier molecular flexibility index (Phi) is 14.8. The number of halogens is 1. The van der Waals surface area contributed by atoms with Gasteiger partial charge in [-0.1, -0.05) is 18.7 Å². The van der Waals surface area contributed by atoms with E-state index in [9.17, 15) is 9.59 Å². The van der Waals surface area contributed by atoms with Gasteiger partial charge >= 0.3 is 141 Å². The normalized spacial score (nSPS) is 22.9. The van der Waals surface area contributed by atoms with Crippen LogP contribution in [0.4, 0.5) is 0 Å². The summed E-state index contributed by atoms with van der Waals surface area (Å²) in [6.07, 6.45) is 6.33. The van der Waals surface area contributed by atoms with Gasteiger partial charge in [-0.2, -0.15) is 0 Å². The zero-order valence-corrected chi connectivity index (χ0v) is 32.1. The summed E-state index contributed by atoms with van der Waals surface area (Å²) in [6, 6.07) is 17.6. The molecule has 2 aromatic carbocycles. The van der Waals surface area contributed by atoms with Crippen molar-refractivity contribution in [2.24, 2.45) is 11.8 Å². The zero-order chi connectivity index (χ0) is 36.1. The molecule has 0 saturated heterocycles. The zero-order valence-electron chi connectivity index (χ0n) is 30.0. The minimum Gasteiger partial charge on any atom is -0.0548 e. The van der Waals surface area contributed by atoms with Crippen LogP contribution in [0.1, 0.15) is 57.1 Å². The van der Waals surface area contributed by atoms with E-state index in [4.69, 9.17) is 36.2 Å². The molecule has 0 aliphatic heterocycles. The van der Waals surface area contributed by atoms with E-state index < -0.39 is 27.6 Å². The Hall–Kier alpha value is -2.97. The number of ether oxygens (including phenoxy) is 7. The number of carbonyl (C=O) groups excluding carboxylic acids is 2. The van der Waals surface area contributed by atoms with Gasteiger partial charge in [0.05, 0.1) is 26.4 Å². The molecule has 6 rings (SSSR count). The number of esters is 1. The first-order valence-electron chi connectivity index (χ1n) is 17.8. The maximum atomic E-state index is 11.4. The van der Waals surface area contributed by atoms with Gasteiger partial charge in [-0.05, 0) is 79.4 Å². The van der Waals surface area contributed by atoms with E-state index in [1.807, 2.05) is 0 Å². The second kappa shape index (κ2) is 19.2. The van der Waals surface area contributed by atoms with Crippen LogP contribution < -0.4 is 31.1 Å². The monoisotopic (exact) mass is 819 g/mol. The molecule has 0 aromatic heterocycles. The first-order valence-corrected chi connectivity index (χ1v) is 20.2. The van der Waals surface area contributed by atoms with E-state index >= 15 is 0 Å². The van der Waals surface area contributed by atoms with Crippen LogP contribution in [-0.4, -0.2) is 82.6 Å². The molecule has 4 bridgehead atoms. The molecule has 10 nitrogen and oxygen atoms in total. The van der Waals surface area contributed by atoms with Crippen molar-refractivity contribution in [2.45, 2.75) is 56.8 Å². The van der Waals surface area contributed by atoms with Gasteiger partial charge in [0.1, 0.15) is 19.0 Å². The molecule has 0 spiro atoms. The van der Waals surface area contributed by atoms with Gasteiger partial charge in [-0.25, -0.2) is 4.79 Å². The SMILES string of the molecule is C=C(C)C(=O)OCCOCCOCCOc1ccc(C23CC4CC(C2)C(c2ccc(OCCOCCOC[I-]OC(=O)C(=C)C)cc2)(C4)C3)cc1. The van der Waals surface area contributed by atoms with E-state index in [-0.39, 0.29) is 23.4 Å². The second-order valence-electron chi connectivity index (χ2n) is 13.8. The molecule has 51 heavy (non-hydrogen) atoms. The third-order valence-electron chi connectivity index (χ3n) is 10.1. The summed E-state index contributed by atoms with van der Waals surface area (Å²) in [5.41, 5.74) is 4.13. The van der Waals surface area contributed by atoms with Crippen LogP contribution in [0.3, 0.4) is 0 Å². The fourth-order valence-corrected chi connectivity index (χ4v) is 9.28. The Balaban J connectivity index is 0.983. The minimum absolute atomic E-state index is 0.204. The van der Waals surface area contributed by atoms with Crippen molar-refractivity contribution in [3.63, 3.8) is 0 Å². The van der Waals surface area contributed by atoms with E-state index in [2.05, 4.69) is 61.7 Å². The molecular weight excluding hydrogens is 767 g/mol. The molecule has 4 atom stereocenters. The molecule has 4 aliphatic carbocycles. The smallest absolute Gasteiger partial charge is 0.0197 e. The quantitative estimate of drug-likeness (QED) is 0.0516. The van der Waals surface area contributed by atoms with Gasteiger partial charge in [0.2, 0.25) is 0 Å². The Morgan fingerprint density at radius 2 is 1.20 bits per heavy atom. The van der Waals surface area contributed by atoms with Crippen molar-refractivity contribution in [3.05, 3.63) is 84.0 Å². The average molecular weight is 820 g/mol. The first-order chi connectivity index (χ1) is 24.7. The van der Waals surface area contributed by atoms with E-state index in [1.165, 1.54) is 43.2 Å². The first kappa shape index (κ1) is 39.2. The van der Waals surface area contributed by atoms with Gasteiger partial charge in [-0.15, -0.1) is 0 Å². The molecule has 0 amide bonds. The molecule has 2 aromatic rings. The van der Waals surface area contributed by atoms with Gasteiger partial charge in [0.25, 0.3) is 0 Å². The van der Waals surface area contributed by atoms with E-state index in [1.54, 1.807) is 13.8 Å². The molecular formula is C40H52IO10-. The molecule has 4 aliphatic rings. The fraction of sp³-hybridized carbons (Fsp3) is 0.550. The average Bonchev–Trinajstić information content (AvgIpc) is 3.52. The standard InChI is InChI=1S/C40H52IO10/c1-29(2)37(42)50-22-19-45-14-13-44-17-20-48-35-9-5-32(6-10-35)39-24-31-23-34(26-39)40(25-31,27-39)33-7-11-36(12-8-33)49-21-18-46-15-16-47-28-41-51-38(43)30(3)4/h5-12,31,34H,1,3,13-28H2,2,4H3/q-1. The molecule has 280 valence electrons. The molecule has 4 fully saturated rings. The summed E-state index contributed by atoms with van der Waals surface area (Å²) in [7, 11) is 0. The molecule has 4 unspecified atom stereocenters. The van der Waals surface area contributed by atoms with Gasteiger partial charge in [0.15, 0.2) is 0 Å². The third kappa shape index (κ3) is 10.8. The van der Waals surface area contributed by atoms with Crippen LogP contribution in [0.15, 0.2) is 72.8 Å². The van der Waals surface area contributed by atoms with Crippen LogP contribution in [-0.2, 0) is 47.2 Å². The van der Waals surface area contributed by atoms with Crippen molar-refractivity contribution in [1.29, 1.82) is 0 Å². The summed E-state index contributed by atoms with van der Waals surface area (Å²) in [5.74, 6) is 2.44. The Morgan fingerprint density at radius 1 is 0.667 bits per heavy atom. The van der Waals surface area contributed by atoms with Crippen molar-refractivity contribution in [1.82, 2.24) is 0 Å². The summed E-state index contributed by atoms with van der Waals surface area (Å²) in [5, 5.41) is 0. The predicted molar refractivity (Wildman–Crippen MR) is 187 cm³/mol. The topological polar surface area (TPSA) is 108 Å². The summed E-state index contributed by atoms with van der Waals surface area (Å²) in [6.45, 7) is 14.6. The number of alkyl halides is 1. The number of hydrogen-bond donors (Lipinski definition) is 0. The van der Waals surface area contributed by atoms with Crippen LogP contribution >= 0.6 is 0 Å².